The van der Waals surface area contributed by atoms with E-state index in [9.17, 15) is 9.59 Å². The molecule has 114 valence electrons. The molecule has 0 fully saturated rings. The Kier molecular flexibility index (Phi) is 3.16. The molecule has 0 aliphatic rings. The van der Waals surface area contributed by atoms with Crippen LogP contribution in [-0.2, 0) is 21.1 Å². The summed E-state index contributed by atoms with van der Waals surface area (Å²) in [6.07, 6.45) is 1.80. The van der Waals surface area contributed by atoms with Crippen molar-refractivity contribution < 1.29 is 4.74 Å². The maximum atomic E-state index is 12.5. The molecule has 0 bridgehead atoms. The van der Waals surface area contributed by atoms with Gasteiger partial charge in [-0.1, -0.05) is 0 Å². The number of hydrogen-bond donors (Lipinski definition) is 0. The highest BCUT2D eigenvalue weighted by atomic mass is 16.5. The number of benzene rings is 1. The number of nitrogens with zero attached hydrogens (tertiary/aromatic N) is 3. The molecule has 2 aromatic heterocycles. The molecule has 0 aliphatic heterocycles. The molecular weight excluding hydrogens is 282 g/mol. The summed E-state index contributed by atoms with van der Waals surface area (Å²) in [6.45, 7) is 0. The van der Waals surface area contributed by atoms with E-state index >= 15 is 0 Å². The topological polar surface area (TPSA) is 58.2 Å². The minimum absolute atomic E-state index is 0.287. The summed E-state index contributed by atoms with van der Waals surface area (Å²) in [5.74, 6) is 0.752. The number of ether oxygens (including phenoxy) is 1. The average molecular weight is 299 g/mol. The van der Waals surface area contributed by atoms with E-state index in [0.717, 1.165) is 21.6 Å². The molecule has 0 saturated carbocycles. The average Bonchev–Trinajstić information content (AvgIpc) is 2.88. The van der Waals surface area contributed by atoms with E-state index in [-0.39, 0.29) is 11.2 Å². The highest BCUT2D eigenvalue weighted by molar-refractivity contribution is 5.93. The van der Waals surface area contributed by atoms with Gasteiger partial charge in [0, 0.05) is 27.3 Å². The Morgan fingerprint density at radius 3 is 2.18 bits per heavy atom. The van der Waals surface area contributed by atoms with Crippen molar-refractivity contribution in [3.8, 4) is 17.0 Å². The molecule has 22 heavy (non-hydrogen) atoms. The van der Waals surface area contributed by atoms with Crippen molar-refractivity contribution in [3.63, 3.8) is 0 Å². The Morgan fingerprint density at radius 1 is 0.955 bits per heavy atom. The van der Waals surface area contributed by atoms with Gasteiger partial charge in [0.25, 0.3) is 5.56 Å². The Morgan fingerprint density at radius 2 is 1.59 bits per heavy atom. The van der Waals surface area contributed by atoms with Gasteiger partial charge in [-0.2, -0.15) is 0 Å². The molecule has 0 spiro atoms. The molecule has 6 nitrogen and oxygen atoms in total. The Hall–Kier alpha value is -2.76. The van der Waals surface area contributed by atoms with Gasteiger partial charge in [-0.25, -0.2) is 4.79 Å². The highest BCUT2D eigenvalue weighted by Crippen LogP contribution is 2.28. The van der Waals surface area contributed by atoms with Crippen molar-refractivity contribution in [2.75, 3.05) is 7.11 Å². The number of rotatable bonds is 2. The summed E-state index contributed by atoms with van der Waals surface area (Å²) in [5, 5.41) is 0.539. The fraction of sp³-hybridized carbons (Fsp3) is 0.250. The molecule has 0 atom stereocenters. The second kappa shape index (κ2) is 4.91. The van der Waals surface area contributed by atoms with Crippen molar-refractivity contribution in [1.29, 1.82) is 0 Å². The largest absolute Gasteiger partial charge is 0.497 e. The molecule has 3 aromatic rings. The Labute approximate surface area is 126 Å². The predicted molar refractivity (Wildman–Crippen MR) is 85.4 cm³/mol. The van der Waals surface area contributed by atoms with Crippen LogP contribution in [0.15, 0.2) is 40.1 Å². The summed E-state index contributed by atoms with van der Waals surface area (Å²) in [4.78, 5) is 24.6. The van der Waals surface area contributed by atoms with Gasteiger partial charge in [-0.05, 0) is 29.8 Å². The molecule has 0 amide bonds. The minimum Gasteiger partial charge on any atom is -0.497 e. The lowest BCUT2D eigenvalue weighted by Crippen LogP contribution is -2.36. The van der Waals surface area contributed by atoms with Crippen molar-refractivity contribution in [2.24, 2.45) is 21.1 Å². The molecule has 0 radical (unpaired) electrons. The lowest BCUT2D eigenvalue weighted by molar-refractivity contribution is 0.415. The SMILES string of the molecule is COc1ccc(-c2c3c(=O)n(C)c(=O)n(C)c3cn2C)cc1. The van der Waals surface area contributed by atoms with E-state index < -0.39 is 0 Å². The maximum Gasteiger partial charge on any atom is 0.330 e. The Bertz CT molecular complexity index is 975. The second-order valence-corrected chi connectivity index (χ2v) is 5.28. The first-order chi connectivity index (χ1) is 10.5. The van der Waals surface area contributed by atoms with Crippen LogP contribution in [0.4, 0.5) is 0 Å². The molecule has 3 rings (SSSR count). The first-order valence-electron chi connectivity index (χ1n) is 6.85. The van der Waals surface area contributed by atoms with Gasteiger partial charge >= 0.3 is 5.69 Å². The lowest BCUT2D eigenvalue weighted by Gasteiger charge is -2.07. The fourth-order valence-corrected chi connectivity index (χ4v) is 2.75. The van der Waals surface area contributed by atoms with Gasteiger partial charge < -0.3 is 9.30 Å². The van der Waals surface area contributed by atoms with Gasteiger partial charge in [0.2, 0.25) is 0 Å². The normalized spacial score (nSPS) is 11.1. The third-order valence-electron chi connectivity index (χ3n) is 3.98. The van der Waals surface area contributed by atoms with Crippen LogP contribution in [0.5, 0.6) is 5.75 Å². The molecule has 0 saturated heterocycles. The molecular formula is C16H17N3O3. The molecule has 0 N–H and O–H groups in total. The molecule has 2 heterocycles. The van der Waals surface area contributed by atoms with E-state index in [4.69, 9.17) is 4.74 Å². The highest BCUT2D eigenvalue weighted by Gasteiger charge is 2.17. The molecule has 0 unspecified atom stereocenters. The number of aryl methyl sites for hydroxylation is 2. The van der Waals surface area contributed by atoms with E-state index in [1.54, 1.807) is 20.4 Å². The van der Waals surface area contributed by atoms with E-state index in [1.807, 2.05) is 35.9 Å². The minimum atomic E-state index is -0.329. The predicted octanol–water partition coefficient (Wildman–Crippen LogP) is 1.25. The van der Waals surface area contributed by atoms with Crippen LogP contribution in [0.3, 0.4) is 0 Å². The third kappa shape index (κ3) is 1.88. The zero-order chi connectivity index (χ0) is 16.0. The smallest absolute Gasteiger partial charge is 0.330 e. The van der Waals surface area contributed by atoms with Crippen molar-refractivity contribution in [1.82, 2.24) is 13.7 Å². The zero-order valence-electron chi connectivity index (χ0n) is 13.0. The molecule has 0 aliphatic carbocycles. The standard InChI is InChI=1S/C16H17N3O3/c1-17-9-12-13(15(20)19(3)16(21)18(12)2)14(17)10-5-7-11(22-4)8-6-10/h5-9H,1-4H3. The first-order valence-corrected chi connectivity index (χ1v) is 6.85. The summed E-state index contributed by atoms with van der Waals surface area (Å²) >= 11 is 0. The number of aromatic nitrogens is 3. The van der Waals surface area contributed by atoms with Crippen LogP contribution in [0, 0.1) is 0 Å². The first kappa shape index (κ1) is 14.2. The fourth-order valence-electron chi connectivity index (χ4n) is 2.75. The van der Waals surface area contributed by atoms with Crippen LogP contribution in [0.1, 0.15) is 0 Å². The number of fused-ring (bicyclic) bond motifs is 1. The van der Waals surface area contributed by atoms with E-state index in [0.29, 0.717) is 10.9 Å². The van der Waals surface area contributed by atoms with Gasteiger partial charge in [0.1, 0.15) is 5.75 Å². The molecule has 6 heteroatoms. The zero-order valence-corrected chi connectivity index (χ0v) is 13.0. The van der Waals surface area contributed by atoms with Gasteiger partial charge in [0.05, 0.1) is 23.7 Å². The maximum absolute atomic E-state index is 12.5. The number of methoxy groups -OCH3 is 1. The van der Waals surface area contributed by atoms with Crippen LogP contribution < -0.4 is 16.0 Å². The van der Waals surface area contributed by atoms with Gasteiger partial charge in [0.15, 0.2) is 0 Å². The third-order valence-corrected chi connectivity index (χ3v) is 3.98. The van der Waals surface area contributed by atoms with E-state index in [1.165, 1.54) is 11.6 Å². The van der Waals surface area contributed by atoms with Crippen LogP contribution in [-0.4, -0.2) is 20.8 Å². The lowest BCUT2D eigenvalue weighted by atomic mass is 10.1. The van der Waals surface area contributed by atoms with Crippen LogP contribution in [0.2, 0.25) is 0 Å². The Balaban J connectivity index is 2.41. The summed E-state index contributed by atoms with van der Waals surface area (Å²) in [6, 6.07) is 7.50. The quantitative estimate of drug-likeness (QED) is 0.715. The second-order valence-electron chi connectivity index (χ2n) is 5.28. The summed E-state index contributed by atoms with van der Waals surface area (Å²) in [7, 11) is 6.64. The van der Waals surface area contributed by atoms with Crippen molar-refractivity contribution >= 4 is 10.9 Å². The van der Waals surface area contributed by atoms with Crippen molar-refractivity contribution in [3.05, 3.63) is 51.3 Å². The summed E-state index contributed by atoms with van der Waals surface area (Å²) < 4.78 is 9.66. The summed E-state index contributed by atoms with van der Waals surface area (Å²) in [5.41, 5.74) is 1.69. The van der Waals surface area contributed by atoms with Crippen LogP contribution >= 0.6 is 0 Å². The van der Waals surface area contributed by atoms with Crippen LogP contribution in [0.25, 0.3) is 22.2 Å². The van der Waals surface area contributed by atoms with Gasteiger partial charge in [-0.15, -0.1) is 0 Å². The van der Waals surface area contributed by atoms with E-state index in [2.05, 4.69) is 0 Å². The number of hydrogen-bond acceptors (Lipinski definition) is 3. The van der Waals surface area contributed by atoms with Gasteiger partial charge in [-0.3, -0.25) is 13.9 Å². The molecule has 1 aromatic carbocycles. The monoisotopic (exact) mass is 299 g/mol. The van der Waals surface area contributed by atoms with Crippen molar-refractivity contribution in [2.45, 2.75) is 0 Å².